The first-order valence-electron chi connectivity index (χ1n) is 7.94. The van der Waals surface area contributed by atoms with Crippen LogP contribution in [0.1, 0.15) is 26.7 Å². The Hall–Kier alpha value is -2.56. The molecule has 24 heavy (non-hydrogen) atoms. The molecule has 2 rings (SSSR count). The molecule has 2 aromatic carbocycles. The SMILES string of the molecule is COC(=O)C(C)(C)NC(=O)CCCOc1cccc2ccccc12. The van der Waals surface area contributed by atoms with Crippen molar-refractivity contribution in [1.82, 2.24) is 5.32 Å². The van der Waals surface area contributed by atoms with Gasteiger partial charge in [-0.1, -0.05) is 36.4 Å². The maximum absolute atomic E-state index is 11.9. The van der Waals surface area contributed by atoms with Crippen LogP contribution in [0.25, 0.3) is 10.8 Å². The van der Waals surface area contributed by atoms with Crippen molar-refractivity contribution in [2.75, 3.05) is 13.7 Å². The second-order valence-electron chi connectivity index (χ2n) is 6.09. The molecule has 0 fully saturated rings. The second-order valence-corrected chi connectivity index (χ2v) is 6.09. The van der Waals surface area contributed by atoms with E-state index in [4.69, 9.17) is 4.74 Å². The molecule has 0 aliphatic heterocycles. The molecule has 0 saturated carbocycles. The topological polar surface area (TPSA) is 64.6 Å². The molecule has 1 N–H and O–H groups in total. The van der Waals surface area contributed by atoms with E-state index in [1.807, 2.05) is 42.5 Å². The number of hydrogen-bond donors (Lipinski definition) is 1. The van der Waals surface area contributed by atoms with Gasteiger partial charge in [0.25, 0.3) is 0 Å². The van der Waals surface area contributed by atoms with Gasteiger partial charge in [0, 0.05) is 11.8 Å². The molecule has 5 nitrogen and oxygen atoms in total. The highest BCUT2D eigenvalue weighted by molar-refractivity contribution is 5.88. The molecule has 0 unspecified atom stereocenters. The fraction of sp³-hybridized carbons (Fsp3) is 0.368. The molecule has 128 valence electrons. The molecule has 0 saturated heterocycles. The lowest BCUT2D eigenvalue weighted by Gasteiger charge is -2.23. The number of ether oxygens (including phenoxy) is 2. The number of fused-ring (bicyclic) bond motifs is 1. The summed E-state index contributed by atoms with van der Waals surface area (Å²) in [6, 6.07) is 13.9. The van der Waals surface area contributed by atoms with Crippen molar-refractivity contribution in [1.29, 1.82) is 0 Å². The molecule has 2 aromatic rings. The minimum Gasteiger partial charge on any atom is -0.493 e. The molecular weight excluding hydrogens is 306 g/mol. The lowest BCUT2D eigenvalue weighted by atomic mass is 10.1. The summed E-state index contributed by atoms with van der Waals surface area (Å²) in [5.41, 5.74) is -1.03. The molecule has 0 aliphatic carbocycles. The van der Waals surface area contributed by atoms with Crippen LogP contribution in [0, 0.1) is 0 Å². The van der Waals surface area contributed by atoms with Crippen LogP contribution in [0.3, 0.4) is 0 Å². The Kier molecular flexibility index (Phi) is 5.79. The number of carbonyl (C=O) groups excluding carboxylic acids is 2. The van der Waals surface area contributed by atoms with Gasteiger partial charge in [-0.25, -0.2) is 4.79 Å². The minimum absolute atomic E-state index is 0.202. The Morgan fingerprint density at radius 1 is 1.08 bits per heavy atom. The van der Waals surface area contributed by atoms with Gasteiger partial charge in [-0.3, -0.25) is 4.79 Å². The van der Waals surface area contributed by atoms with E-state index in [2.05, 4.69) is 10.1 Å². The molecule has 0 heterocycles. The standard InChI is InChI=1S/C19H23NO4/c1-19(2,18(22)23-3)20-17(21)12-7-13-24-16-11-6-9-14-8-4-5-10-15(14)16/h4-6,8-11H,7,12-13H2,1-3H3,(H,20,21). The third-order valence-electron chi connectivity index (χ3n) is 3.70. The summed E-state index contributed by atoms with van der Waals surface area (Å²) < 4.78 is 10.5. The monoisotopic (exact) mass is 329 g/mol. The summed E-state index contributed by atoms with van der Waals surface area (Å²) in [5, 5.41) is 4.84. The first-order chi connectivity index (χ1) is 11.4. The second kappa shape index (κ2) is 7.81. The van der Waals surface area contributed by atoms with Gasteiger partial charge < -0.3 is 14.8 Å². The smallest absolute Gasteiger partial charge is 0.330 e. The molecule has 0 bridgehead atoms. The van der Waals surface area contributed by atoms with Crippen LogP contribution in [0.2, 0.25) is 0 Å². The van der Waals surface area contributed by atoms with Crippen LogP contribution >= 0.6 is 0 Å². The zero-order valence-corrected chi connectivity index (χ0v) is 14.3. The third kappa shape index (κ3) is 4.47. The van der Waals surface area contributed by atoms with Crippen molar-refractivity contribution in [3.8, 4) is 5.75 Å². The van der Waals surface area contributed by atoms with Gasteiger partial charge in [0.1, 0.15) is 11.3 Å². The first kappa shape index (κ1) is 17.8. The largest absolute Gasteiger partial charge is 0.493 e. The fourth-order valence-corrected chi connectivity index (χ4v) is 2.45. The Morgan fingerprint density at radius 2 is 1.79 bits per heavy atom. The lowest BCUT2D eigenvalue weighted by molar-refractivity contribution is -0.149. The maximum Gasteiger partial charge on any atom is 0.330 e. The van der Waals surface area contributed by atoms with E-state index in [1.54, 1.807) is 13.8 Å². The van der Waals surface area contributed by atoms with E-state index >= 15 is 0 Å². The van der Waals surface area contributed by atoms with Gasteiger partial charge in [-0.2, -0.15) is 0 Å². The number of carbonyl (C=O) groups is 2. The number of nitrogens with one attached hydrogen (secondary N) is 1. The van der Waals surface area contributed by atoms with E-state index in [9.17, 15) is 9.59 Å². The Bertz CT molecular complexity index is 719. The summed E-state index contributed by atoms with van der Waals surface area (Å²) in [5.74, 6) is 0.137. The number of methoxy groups -OCH3 is 1. The molecule has 1 amide bonds. The van der Waals surface area contributed by atoms with Gasteiger partial charge in [0.15, 0.2) is 0 Å². The highest BCUT2D eigenvalue weighted by atomic mass is 16.5. The number of rotatable bonds is 7. The van der Waals surface area contributed by atoms with E-state index in [-0.39, 0.29) is 12.3 Å². The van der Waals surface area contributed by atoms with Gasteiger partial charge in [-0.05, 0) is 31.7 Å². The normalized spacial score (nSPS) is 11.1. The molecule has 0 aromatic heterocycles. The highest BCUT2D eigenvalue weighted by Gasteiger charge is 2.30. The molecule has 0 aliphatic rings. The zero-order valence-electron chi connectivity index (χ0n) is 14.3. The molecular formula is C19H23NO4. The first-order valence-corrected chi connectivity index (χ1v) is 7.94. The molecule has 0 radical (unpaired) electrons. The Balaban J connectivity index is 1.82. The fourth-order valence-electron chi connectivity index (χ4n) is 2.45. The van der Waals surface area contributed by atoms with E-state index < -0.39 is 11.5 Å². The Labute approximate surface area is 141 Å². The van der Waals surface area contributed by atoms with E-state index in [1.165, 1.54) is 7.11 Å². The summed E-state index contributed by atoms with van der Waals surface area (Å²) in [6.45, 7) is 3.66. The number of amides is 1. The van der Waals surface area contributed by atoms with Gasteiger partial charge in [-0.15, -0.1) is 0 Å². The summed E-state index contributed by atoms with van der Waals surface area (Å²) >= 11 is 0. The lowest BCUT2D eigenvalue weighted by Crippen LogP contribution is -2.50. The van der Waals surface area contributed by atoms with Crippen molar-refractivity contribution in [2.24, 2.45) is 0 Å². The number of hydrogen-bond acceptors (Lipinski definition) is 4. The highest BCUT2D eigenvalue weighted by Crippen LogP contribution is 2.25. The quantitative estimate of drug-likeness (QED) is 0.626. The Morgan fingerprint density at radius 3 is 2.54 bits per heavy atom. The molecule has 0 spiro atoms. The third-order valence-corrected chi connectivity index (χ3v) is 3.70. The van der Waals surface area contributed by atoms with Crippen molar-refractivity contribution in [3.63, 3.8) is 0 Å². The van der Waals surface area contributed by atoms with Crippen LogP contribution in [0.4, 0.5) is 0 Å². The van der Waals surface area contributed by atoms with E-state index in [0.717, 1.165) is 16.5 Å². The van der Waals surface area contributed by atoms with Crippen molar-refractivity contribution >= 4 is 22.6 Å². The zero-order chi connectivity index (χ0) is 17.6. The molecule has 5 heteroatoms. The van der Waals surface area contributed by atoms with Crippen LogP contribution in [-0.4, -0.2) is 31.1 Å². The molecule has 0 atom stereocenters. The number of esters is 1. The van der Waals surface area contributed by atoms with Crippen molar-refractivity contribution in [3.05, 3.63) is 42.5 Å². The van der Waals surface area contributed by atoms with Gasteiger partial charge >= 0.3 is 5.97 Å². The predicted octanol–water partition coefficient (Wildman–Crippen LogP) is 3.07. The van der Waals surface area contributed by atoms with Crippen molar-refractivity contribution < 1.29 is 19.1 Å². The van der Waals surface area contributed by atoms with Crippen LogP contribution in [0.5, 0.6) is 5.75 Å². The van der Waals surface area contributed by atoms with Gasteiger partial charge in [0.2, 0.25) is 5.91 Å². The average Bonchev–Trinajstić information content (AvgIpc) is 2.57. The van der Waals surface area contributed by atoms with Gasteiger partial charge in [0.05, 0.1) is 13.7 Å². The van der Waals surface area contributed by atoms with Crippen LogP contribution in [-0.2, 0) is 14.3 Å². The summed E-state index contributed by atoms with van der Waals surface area (Å²) in [4.78, 5) is 23.5. The summed E-state index contributed by atoms with van der Waals surface area (Å²) in [6.07, 6.45) is 0.845. The van der Waals surface area contributed by atoms with Crippen LogP contribution < -0.4 is 10.1 Å². The van der Waals surface area contributed by atoms with E-state index in [0.29, 0.717) is 13.0 Å². The van der Waals surface area contributed by atoms with Crippen molar-refractivity contribution in [2.45, 2.75) is 32.2 Å². The minimum atomic E-state index is -1.03. The number of benzene rings is 2. The van der Waals surface area contributed by atoms with Crippen LogP contribution in [0.15, 0.2) is 42.5 Å². The average molecular weight is 329 g/mol. The predicted molar refractivity (Wildman–Crippen MR) is 92.9 cm³/mol. The summed E-state index contributed by atoms with van der Waals surface area (Å²) in [7, 11) is 1.30. The maximum atomic E-state index is 11.9.